The molecule has 130 valence electrons. The van der Waals surface area contributed by atoms with E-state index in [0.717, 1.165) is 18.9 Å². The molecule has 1 N–H and O–H groups in total. The lowest BCUT2D eigenvalue weighted by atomic mass is 10.1. The summed E-state index contributed by atoms with van der Waals surface area (Å²) in [6, 6.07) is 7.08. The molecule has 0 bridgehead atoms. The van der Waals surface area contributed by atoms with Crippen LogP contribution in [-0.2, 0) is 19.6 Å². The maximum Gasteiger partial charge on any atom is 0.245 e. The van der Waals surface area contributed by atoms with Gasteiger partial charge in [-0.15, -0.1) is 0 Å². The Morgan fingerprint density at radius 1 is 1.17 bits per heavy atom. The van der Waals surface area contributed by atoms with E-state index in [4.69, 9.17) is 4.52 Å². The first kappa shape index (κ1) is 17.0. The summed E-state index contributed by atoms with van der Waals surface area (Å²) < 4.78 is 5.32. The van der Waals surface area contributed by atoms with Crippen LogP contribution in [0.3, 0.4) is 0 Å². The van der Waals surface area contributed by atoms with Gasteiger partial charge in [0, 0.05) is 30.7 Å². The number of hydrogen-bond donors (Lipinski definition) is 1. The lowest BCUT2D eigenvalue weighted by Gasteiger charge is -2.27. The topological polar surface area (TPSA) is 54.2 Å². The third-order valence-electron chi connectivity index (χ3n) is 4.98. The second kappa shape index (κ2) is 6.93. The zero-order chi connectivity index (χ0) is 17.3. The molecule has 0 unspecified atom stereocenters. The van der Waals surface area contributed by atoms with Gasteiger partial charge in [-0.25, -0.2) is 0 Å². The molecule has 2 heterocycles. The predicted octanol–water partition coefficient (Wildman–Crippen LogP) is 4.17. The fourth-order valence-electron chi connectivity index (χ4n) is 3.07. The van der Waals surface area contributed by atoms with Crippen molar-refractivity contribution >= 4 is 5.69 Å². The number of hydrogen-bond acceptors (Lipinski definition) is 5. The van der Waals surface area contributed by atoms with Gasteiger partial charge in [-0.3, -0.25) is 4.90 Å². The molecule has 0 amide bonds. The fraction of sp³-hybridized carbons (Fsp3) is 0.579. The standard InChI is InChI=1S/C19H28N4O/c1-12(2)14(5)23-10-15-7-6-8-17(16(15)11-23)20-9-18-21-19(13(3)4)22-24-18/h6-8,12-14,20H,9-11H2,1-5H3/t14-/m0/s1. The number of anilines is 1. The van der Waals surface area contributed by atoms with Gasteiger partial charge in [0.1, 0.15) is 0 Å². The number of nitrogens with one attached hydrogen (secondary N) is 1. The number of benzene rings is 1. The molecule has 1 aromatic heterocycles. The van der Waals surface area contributed by atoms with E-state index >= 15 is 0 Å². The van der Waals surface area contributed by atoms with Crippen molar-refractivity contribution in [2.45, 2.75) is 66.2 Å². The zero-order valence-electron chi connectivity index (χ0n) is 15.3. The third-order valence-corrected chi connectivity index (χ3v) is 4.98. The number of nitrogens with zero attached hydrogens (tertiary/aromatic N) is 3. The van der Waals surface area contributed by atoms with Crippen LogP contribution in [0.15, 0.2) is 22.7 Å². The van der Waals surface area contributed by atoms with Crippen molar-refractivity contribution in [2.75, 3.05) is 5.32 Å². The average molecular weight is 328 g/mol. The Morgan fingerprint density at radius 2 is 1.96 bits per heavy atom. The SMILES string of the molecule is CC(C)c1noc(CNc2cccc3c2CN([C@@H](C)C(C)C)C3)n1. The van der Waals surface area contributed by atoms with Gasteiger partial charge in [0.2, 0.25) is 5.89 Å². The smallest absolute Gasteiger partial charge is 0.245 e. The van der Waals surface area contributed by atoms with E-state index in [0.29, 0.717) is 24.4 Å². The van der Waals surface area contributed by atoms with Gasteiger partial charge < -0.3 is 9.84 Å². The lowest BCUT2D eigenvalue weighted by Crippen LogP contribution is -2.32. The number of fused-ring (bicyclic) bond motifs is 1. The molecular formula is C19H28N4O. The predicted molar refractivity (Wildman–Crippen MR) is 95.7 cm³/mol. The molecule has 2 aromatic rings. The summed E-state index contributed by atoms with van der Waals surface area (Å²) >= 11 is 0. The maximum atomic E-state index is 5.32. The number of aromatic nitrogens is 2. The van der Waals surface area contributed by atoms with Crippen molar-refractivity contribution in [2.24, 2.45) is 5.92 Å². The Kier molecular flexibility index (Phi) is 4.90. The highest BCUT2D eigenvalue weighted by molar-refractivity contribution is 5.56. The molecule has 1 aliphatic heterocycles. The molecule has 3 rings (SSSR count). The molecule has 0 aliphatic carbocycles. The zero-order valence-corrected chi connectivity index (χ0v) is 15.3. The molecule has 24 heavy (non-hydrogen) atoms. The summed E-state index contributed by atoms with van der Waals surface area (Å²) in [6.45, 7) is 13.6. The van der Waals surface area contributed by atoms with Crippen molar-refractivity contribution in [3.63, 3.8) is 0 Å². The lowest BCUT2D eigenvalue weighted by molar-refractivity contribution is 0.170. The van der Waals surface area contributed by atoms with Crippen LogP contribution in [0.5, 0.6) is 0 Å². The van der Waals surface area contributed by atoms with Crippen LogP contribution in [0.2, 0.25) is 0 Å². The van der Waals surface area contributed by atoms with Crippen LogP contribution in [0, 0.1) is 5.92 Å². The van der Waals surface area contributed by atoms with Crippen LogP contribution in [0.25, 0.3) is 0 Å². The summed E-state index contributed by atoms with van der Waals surface area (Å²) in [4.78, 5) is 6.98. The van der Waals surface area contributed by atoms with Crippen molar-refractivity contribution < 1.29 is 4.52 Å². The molecule has 0 radical (unpaired) electrons. The van der Waals surface area contributed by atoms with E-state index in [1.165, 1.54) is 16.8 Å². The molecular weight excluding hydrogens is 300 g/mol. The van der Waals surface area contributed by atoms with Gasteiger partial charge in [0.15, 0.2) is 5.82 Å². The average Bonchev–Trinajstić information content (AvgIpc) is 3.18. The van der Waals surface area contributed by atoms with Gasteiger partial charge in [0.25, 0.3) is 0 Å². The molecule has 5 heteroatoms. The largest absolute Gasteiger partial charge is 0.376 e. The minimum Gasteiger partial charge on any atom is -0.376 e. The van der Waals surface area contributed by atoms with Crippen LogP contribution in [0.1, 0.15) is 63.4 Å². The normalized spacial score (nSPS) is 16.0. The Bertz CT molecular complexity index is 692. The van der Waals surface area contributed by atoms with E-state index in [1.54, 1.807) is 0 Å². The second-order valence-electron chi connectivity index (χ2n) is 7.39. The van der Waals surface area contributed by atoms with Crippen LogP contribution in [0.4, 0.5) is 5.69 Å². The quantitative estimate of drug-likeness (QED) is 0.862. The van der Waals surface area contributed by atoms with E-state index in [1.807, 2.05) is 0 Å². The van der Waals surface area contributed by atoms with Crippen LogP contribution in [-0.4, -0.2) is 21.1 Å². The highest BCUT2D eigenvalue weighted by Crippen LogP contribution is 2.32. The van der Waals surface area contributed by atoms with E-state index < -0.39 is 0 Å². The van der Waals surface area contributed by atoms with Crippen molar-refractivity contribution in [1.82, 2.24) is 15.0 Å². The van der Waals surface area contributed by atoms with E-state index in [-0.39, 0.29) is 5.92 Å². The summed E-state index contributed by atoms with van der Waals surface area (Å²) in [7, 11) is 0. The van der Waals surface area contributed by atoms with Gasteiger partial charge in [-0.05, 0) is 30.0 Å². The first-order valence-corrected chi connectivity index (χ1v) is 8.87. The van der Waals surface area contributed by atoms with Gasteiger partial charge >= 0.3 is 0 Å². The summed E-state index contributed by atoms with van der Waals surface area (Å²) in [5.41, 5.74) is 3.99. The molecule has 0 saturated carbocycles. The number of rotatable bonds is 6. The van der Waals surface area contributed by atoms with E-state index in [9.17, 15) is 0 Å². The molecule has 5 nitrogen and oxygen atoms in total. The Balaban J connectivity index is 1.69. The molecule has 0 fully saturated rings. The highest BCUT2D eigenvalue weighted by Gasteiger charge is 2.26. The van der Waals surface area contributed by atoms with Crippen molar-refractivity contribution in [3.05, 3.63) is 41.0 Å². The molecule has 1 aliphatic rings. The second-order valence-corrected chi connectivity index (χ2v) is 7.39. The Labute approximate surface area is 144 Å². The monoisotopic (exact) mass is 328 g/mol. The first-order valence-electron chi connectivity index (χ1n) is 8.87. The van der Waals surface area contributed by atoms with Gasteiger partial charge in [-0.1, -0.05) is 45.0 Å². The van der Waals surface area contributed by atoms with Crippen LogP contribution >= 0.6 is 0 Å². The summed E-state index contributed by atoms with van der Waals surface area (Å²) in [5, 5.41) is 7.50. The van der Waals surface area contributed by atoms with Crippen LogP contribution < -0.4 is 5.32 Å². The van der Waals surface area contributed by atoms with Gasteiger partial charge in [0.05, 0.1) is 6.54 Å². The molecule has 0 spiro atoms. The maximum absolute atomic E-state index is 5.32. The Morgan fingerprint density at radius 3 is 2.62 bits per heavy atom. The summed E-state index contributed by atoms with van der Waals surface area (Å²) in [6.07, 6.45) is 0. The Hall–Kier alpha value is -1.88. The van der Waals surface area contributed by atoms with Gasteiger partial charge in [-0.2, -0.15) is 4.98 Å². The molecule has 0 saturated heterocycles. The van der Waals surface area contributed by atoms with Crippen molar-refractivity contribution in [3.8, 4) is 0 Å². The third kappa shape index (κ3) is 3.46. The fourth-order valence-corrected chi connectivity index (χ4v) is 3.07. The van der Waals surface area contributed by atoms with E-state index in [2.05, 4.69) is 73.2 Å². The van der Waals surface area contributed by atoms with Crippen molar-refractivity contribution in [1.29, 1.82) is 0 Å². The highest BCUT2D eigenvalue weighted by atomic mass is 16.5. The minimum atomic E-state index is 0.287. The minimum absolute atomic E-state index is 0.287. The first-order chi connectivity index (χ1) is 11.5. The summed E-state index contributed by atoms with van der Waals surface area (Å²) in [5.74, 6) is 2.35. The molecule has 1 atom stereocenters. The molecule has 1 aromatic carbocycles.